The predicted molar refractivity (Wildman–Crippen MR) is 59.7 cm³/mol. The largest absolute Gasteiger partial charge is 0.465 e. The first-order chi connectivity index (χ1) is 7.10. The molecular weight excluding hydrogens is 194 g/mol. The topological polar surface area (TPSA) is 47.6 Å². The molecule has 0 aliphatic heterocycles. The highest BCUT2D eigenvalue weighted by atomic mass is 16.5. The van der Waals surface area contributed by atoms with Crippen LogP contribution in [0.15, 0.2) is 12.7 Å². The Morgan fingerprint density at radius 2 is 2.13 bits per heavy atom. The first-order valence-corrected chi connectivity index (χ1v) is 5.21. The fourth-order valence-electron chi connectivity index (χ4n) is 1.08. The summed E-state index contributed by atoms with van der Waals surface area (Å²) in [6, 6.07) is 0. The Kier molecular flexibility index (Phi) is 6.99. The highest BCUT2D eigenvalue weighted by Gasteiger charge is 2.34. The number of ether oxygens (including phenoxy) is 2. The van der Waals surface area contributed by atoms with E-state index in [-0.39, 0.29) is 5.97 Å². The van der Waals surface area contributed by atoms with E-state index in [1.54, 1.807) is 19.9 Å². The lowest BCUT2D eigenvalue weighted by molar-refractivity contribution is -0.153. The molecule has 0 bridgehead atoms. The quantitative estimate of drug-likeness (QED) is 0.487. The third-order valence-corrected chi connectivity index (χ3v) is 1.96. The number of hydrogen-bond donors (Lipinski definition) is 1. The van der Waals surface area contributed by atoms with Gasteiger partial charge in [-0.3, -0.25) is 5.32 Å². The normalized spacial score (nSPS) is 14.3. The van der Waals surface area contributed by atoms with Crippen molar-refractivity contribution in [3.63, 3.8) is 0 Å². The van der Waals surface area contributed by atoms with E-state index < -0.39 is 5.54 Å². The van der Waals surface area contributed by atoms with Crippen LogP contribution in [0.2, 0.25) is 0 Å². The van der Waals surface area contributed by atoms with Crippen molar-refractivity contribution in [3.8, 4) is 0 Å². The van der Waals surface area contributed by atoms with Gasteiger partial charge in [0.15, 0.2) is 0 Å². The molecule has 0 spiro atoms. The van der Waals surface area contributed by atoms with Crippen LogP contribution >= 0.6 is 0 Å². The van der Waals surface area contributed by atoms with E-state index in [0.29, 0.717) is 26.4 Å². The van der Waals surface area contributed by atoms with Crippen LogP contribution in [0.5, 0.6) is 0 Å². The van der Waals surface area contributed by atoms with E-state index >= 15 is 0 Å². The molecular formula is C11H21NO3. The number of hydrogen-bond acceptors (Lipinski definition) is 4. The summed E-state index contributed by atoms with van der Waals surface area (Å²) >= 11 is 0. The molecule has 4 heteroatoms. The van der Waals surface area contributed by atoms with Gasteiger partial charge in [0.05, 0.1) is 13.2 Å². The summed E-state index contributed by atoms with van der Waals surface area (Å²) in [7, 11) is 0. The maximum atomic E-state index is 11.7. The van der Waals surface area contributed by atoms with Gasteiger partial charge in [-0.15, -0.1) is 6.58 Å². The molecule has 0 aromatic rings. The summed E-state index contributed by atoms with van der Waals surface area (Å²) < 4.78 is 10.3. The molecule has 0 rings (SSSR count). The Morgan fingerprint density at radius 1 is 1.47 bits per heavy atom. The lowest BCUT2D eigenvalue weighted by Gasteiger charge is -2.27. The number of carbonyl (C=O) groups excluding carboxylic acids is 1. The minimum Gasteiger partial charge on any atom is -0.465 e. The van der Waals surface area contributed by atoms with Gasteiger partial charge in [0.1, 0.15) is 5.54 Å². The molecule has 0 amide bonds. The van der Waals surface area contributed by atoms with E-state index in [2.05, 4.69) is 11.9 Å². The van der Waals surface area contributed by atoms with Crippen molar-refractivity contribution >= 4 is 5.97 Å². The smallest absolute Gasteiger partial charge is 0.328 e. The lowest BCUT2D eigenvalue weighted by atomic mass is 10.0. The van der Waals surface area contributed by atoms with E-state index in [4.69, 9.17) is 9.47 Å². The molecule has 0 aromatic heterocycles. The molecule has 0 heterocycles. The molecule has 4 nitrogen and oxygen atoms in total. The fourth-order valence-corrected chi connectivity index (χ4v) is 1.08. The Morgan fingerprint density at radius 3 is 2.60 bits per heavy atom. The van der Waals surface area contributed by atoms with Crippen LogP contribution in [-0.2, 0) is 14.3 Å². The zero-order valence-corrected chi connectivity index (χ0v) is 9.84. The Bertz CT molecular complexity index is 206. The van der Waals surface area contributed by atoms with Gasteiger partial charge < -0.3 is 9.47 Å². The van der Waals surface area contributed by atoms with Crippen LogP contribution in [0.3, 0.4) is 0 Å². The van der Waals surface area contributed by atoms with Gasteiger partial charge >= 0.3 is 5.97 Å². The first kappa shape index (κ1) is 14.1. The summed E-state index contributed by atoms with van der Waals surface area (Å²) in [5, 5.41) is 3.05. The second-order valence-electron chi connectivity index (χ2n) is 3.36. The number of nitrogens with one attached hydrogen (secondary N) is 1. The molecule has 0 fully saturated rings. The van der Waals surface area contributed by atoms with Crippen LogP contribution in [0.25, 0.3) is 0 Å². The van der Waals surface area contributed by atoms with Crippen molar-refractivity contribution < 1.29 is 14.3 Å². The van der Waals surface area contributed by atoms with Crippen molar-refractivity contribution in [3.05, 3.63) is 12.7 Å². The van der Waals surface area contributed by atoms with Gasteiger partial charge in [0.25, 0.3) is 0 Å². The van der Waals surface area contributed by atoms with Gasteiger partial charge in [0, 0.05) is 13.2 Å². The van der Waals surface area contributed by atoms with Gasteiger partial charge in [-0.05, 0) is 20.8 Å². The molecule has 0 radical (unpaired) electrons. The Balaban J connectivity index is 4.37. The molecule has 1 atom stereocenters. The summed E-state index contributed by atoms with van der Waals surface area (Å²) in [4.78, 5) is 11.7. The summed E-state index contributed by atoms with van der Waals surface area (Å²) in [6.45, 7) is 10.8. The third kappa shape index (κ3) is 4.95. The number of esters is 1. The van der Waals surface area contributed by atoms with Crippen molar-refractivity contribution in [2.24, 2.45) is 0 Å². The van der Waals surface area contributed by atoms with Crippen LogP contribution in [0.1, 0.15) is 20.8 Å². The highest BCUT2D eigenvalue weighted by Crippen LogP contribution is 2.07. The molecule has 1 unspecified atom stereocenters. The molecule has 0 aliphatic carbocycles. The second-order valence-corrected chi connectivity index (χ2v) is 3.36. The SMILES string of the molecule is C=CCNC(C)(COCC)C(=O)OCC. The standard InChI is InChI=1S/C11H21NO3/c1-5-8-12-11(4,9-14-6-2)10(13)15-7-3/h5,12H,1,6-9H2,2-4H3. The second kappa shape index (κ2) is 7.43. The molecule has 15 heavy (non-hydrogen) atoms. The Labute approximate surface area is 91.6 Å². The van der Waals surface area contributed by atoms with Crippen LogP contribution in [-0.4, -0.2) is 37.9 Å². The van der Waals surface area contributed by atoms with Crippen molar-refractivity contribution in [2.75, 3.05) is 26.4 Å². The van der Waals surface area contributed by atoms with E-state index in [1.807, 2.05) is 6.92 Å². The fraction of sp³-hybridized carbons (Fsp3) is 0.727. The summed E-state index contributed by atoms with van der Waals surface area (Å²) in [5.41, 5.74) is -0.791. The minimum atomic E-state index is -0.791. The third-order valence-electron chi connectivity index (χ3n) is 1.96. The molecule has 88 valence electrons. The van der Waals surface area contributed by atoms with E-state index in [9.17, 15) is 4.79 Å². The van der Waals surface area contributed by atoms with Gasteiger partial charge in [0.2, 0.25) is 0 Å². The minimum absolute atomic E-state index is 0.291. The van der Waals surface area contributed by atoms with Crippen LogP contribution in [0.4, 0.5) is 0 Å². The highest BCUT2D eigenvalue weighted by molar-refractivity contribution is 5.80. The number of rotatable bonds is 8. The molecule has 0 aromatic carbocycles. The Hall–Kier alpha value is -0.870. The van der Waals surface area contributed by atoms with Crippen LogP contribution in [0, 0.1) is 0 Å². The first-order valence-electron chi connectivity index (χ1n) is 5.21. The zero-order valence-electron chi connectivity index (χ0n) is 9.84. The molecule has 1 N–H and O–H groups in total. The maximum Gasteiger partial charge on any atom is 0.328 e. The predicted octanol–water partition coefficient (Wildman–Crippen LogP) is 1.12. The van der Waals surface area contributed by atoms with Gasteiger partial charge in [-0.2, -0.15) is 0 Å². The summed E-state index contributed by atoms with van der Waals surface area (Å²) in [5.74, 6) is -0.291. The maximum absolute atomic E-state index is 11.7. The van der Waals surface area contributed by atoms with E-state index in [0.717, 1.165) is 0 Å². The van der Waals surface area contributed by atoms with Crippen molar-refractivity contribution in [2.45, 2.75) is 26.3 Å². The summed E-state index contributed by atoms with van der Waals surface area (Å²) in [6.07, 6.45) is 1.70. The van der Waals surface area contributed by atoms with Crippen molar-refractivity contribution in [1.82, 2.24) is 5.32 Å². The van der Waals surface area contributed by atoms with Crippen molar-refractivity contribution in [1.29, 1.82) is 0 Å². The molecule has 0 saturated carbocycles. The average Bonchev–Trinajstić information content (AvgIpc) is 2.24. The average molecular weight is 215 g/mol. The van der Waals surface area contributed by atoms with Gasteiger partial charge in [-0.1, -0.05) is 6.08 Å². The van der Waals surface area contributed by atoms with Gasteiger partial charge in [-0.25, -0.2) is 4.79 Å². The lowest BCUT2D eigenvalue weighted by Crippen LogP contribution is -2.54. The monoisotopic (exact) mass is 215 g/mol. The molecule has 0 saturated heterocycles. The molecule has 0 aliphatic rings. The zero-order chi connectivity index (χ0) is 11.7. The van der Waals surface area contributed by atoms with Crippen LogP contribution < -0.4 is 5.32 Å². The number of carbonyl (C=O) groups is 1. The van der Waals surface area contributed by atoms with E-state index in [1.165, 1.54) is 0 Å².